The predicted octanol–water partition coefficient (Wildman–Crippen LogP) is 2.23. The third kappa shape index (κ3) is 0.973. The van der Waals surface area contributed by atoms with Crippen LogP contribution in [0, 0.1) is 0 Å². The Morgan fingerprint density at radius 1 is 1.13 bits per heavy atom. The van der Waals surface area contributed by atoms with E-state index in [9.17, 15) is 4.79 Å². The molecule has 1 aliphatic carbocycles. The number of benzene rings is 1. The third-order valence-corrected chi connectivity index (χ3v) is 2.74. The highest BCUT2D eigenvalue weighted by Crippen LogP contribution is 2.37. The van der Waals surface area contributed by atoms with Crippen molar-refractivity contribution in [3.05, 3.63) is 41.7 Å². The molecule has 15 heavy (non-hydrogen) atoms. The van der Waals surface area contributed by atoms with Crippen LogP contribution in [0.5, 0.6) is 5.75 Å². The molecule has 1 aromatic carbocycles. The van der Waals surface area contributed by atoms with Crippen LogP contribution in [0.1, 0.15) is 16.1 Å². The number of nitrogens with one attached hydrogen (secondary N) is 1. The normalized spacial score (nSPS) is 12.5. The van der Waals surface area contributed by atoms with Gasteiger partial charge in [-0.15, -0.1) is 0 Å². The molecule has 3 nitrogen and oxygen atoms in total. The molecular weight excluding hydrogens is 190 g/mol. The lowest BCUT2D eigenvalue weighted by Gasteiger charge is -2.02. The Kier molecular flexibility index (Phi) is 1.51. The SMILES string of the molecule is COc1ccc2c(c1)C(=O)c1[nH]ccc1-2. The zero-order chi connectivity index (χ0) is 10.4. The first-order valence-corrected chi connectivity index (χ1v) is 4.72. The van der Waals surface area contributed by atoms with Gasteiger partial charge in [-0.2, -0.15) is 0 Å². The van der Waals surface area contributed by atoms with Gasteiger partial charge in [-0.3, -0.25) is 4.79 Å². The summed E-state index contributed by atoms with van der Waals surface area (Å²) >= 11 is 0. The van der Waals surface area contributed by atoms with E-state index >= 15 is 0 Å². The average Bonchev–Trinajstić information content (AvgIpc) is 2.83. The lowest BCUT2D eigenvalue weighted by atomic mass is 10.1. The van der Waals surface area contributed by atoms with Gasteiger partial charge in [0, 0.05) is 17.3 Å². The summed E-state index contributed by atoms with van der Waals surface area (Å²) in [6.07, 6.45) is 1.79. The molecule has 0 unspecified atom stereocenters. The van der Waals surface area contributed by atoms with Crippen LogP contribution in [-0.2, 0) is 0 Å². The van der Waals surface area contributed by atoms with Crippen molar-refractivity contribution in [1.82, 2.24) is 4.98 Å². The van der Waals surface area contributed by atoms with E-state index in [1.54, 1.807) is 19.4 Å². The van der Waals surface area contributed by atoms with Crippen LogP contribution in [0.15, 0.2) is 30.5 Å². The standard InChI is InChI=1S/C12H9NO2/c1-15-7-2-3-8-9-4-5-13-11(9)12(14)10(8)6-7/h2-6,13H,1H3. The van der Waals surface area contributed by atoms with Crippen molar-refractivity contribution in [2.24, 2.45) is 0 Å². The van der Waals surface area contributed by atoms with Crippen molar-refractivity contribution in [3.63, 3.8) is 0 Å². The maximum absolute atomic E-state index is 11.9. The van der Waals surface area contributed by atoms with Gasteiger partial charge in [-0.25, -0.2) is 0 Å². The molecule has 0 spiro atoms. The highest BCUT2D eigenvalue weighted by atomic mass is 16.5. The summed E-state index contributed by atoms with van der Waals surface area (Å²) in [5.41, 5.74) is 3.36. The minimum absolute atomic E-state index is 0.0453. The van der Waals surface area contributed by atoms with E-state index in [-0.39, 0.29) is 5.78 Å². The van der Waals surface area contributed by atoms with Crippen molar-refractivity contribution >= 4 is 5.78 Å². The topological polar surface area (TPSA) is 42.1 Å². The second kappa shape index (κ2) is 2.73. The molecule has 1 heterocycles. The fourth-order valence-electron chi connectivity index (χ4n) is 1.99. The largest absolute Gasteiger partial charge is 0.497 e. The van der Waals surface area contributed by atoms with Gasteiger partial charge < -0.3 is 9.72 Å². The van der Waals surface area contributed by atoms with Crippen molar-refractivity contribution in [2.75, 3.05) is 7.11 Å². The summed E-state index contributed by atoms with van der Waals surface area (Å²) in [5.74, 6) is 0.760. The quantitative estimate of drug-likeness (QED) is 0.653. The number of ether oxygens (including phenoxy) is 1. The molecule has 0 bridgehead atoms. The number of aromatic nitrogens is 1. The summed E-state index contributed by atoms with van der Waals surface area (Å²) in [7, 11) is 1.60. The highest BCUT2D eigenvalue weighted by Gasteiger charge is 2.27. The number of carbonyl (C=O) groups excluding carboxylic acids is 1. The third-order valence-electron chi connectivity index (χ3n) is 2.74. The molecule has 74 valence electrons. The molecule has 0 fully saturated rings. The zero-order valence-corrected chi connectivity index (χ0v) is 8.20. The minimum atomic E-state index is 0.0453. The second-order valence-electron chi connectivity index (χ2n) is 3.51. The van der Waals surface area contributed by atoms with Crippen LogP contribution in [0.2, 0.25) is 0 Å². The van der Waals surface area contributed by atoms with Gasteiger partial charge in [0.1, 0.15) is 5.75 Å². The molecule has 0 amide bonds. The van der Waals surface area contributed by atoms with Gasteiger partial charge in [0.2, 0.25) is 5.78 Å². The molecule has 3 rings (SSSR count). The van der Waals surface area contributed by atoms with E-state index in [2.05, 4.69) is 4.98 Å². The van der Waals surface area contributed by atoms with Crippen molar-refractivity contribution < 1.29 is 9.53 Å². The molecule has 1 aliphatic rings. The van der Waals surface area contributed by atoms with Crippen LogP contribution in [0.25, 0.3) is 11.1 Å². The Labute approximate surface area is 86.7 Å². The Morgan fingerprint density at radius 3 is 2.80 bits per heavy atom. The number of aromatic amines is 1. The number of methoxy groups -OCH3 is 1. The van der Waals surface area contributed by atoms with Gasteiger partial charge in [0.05, 0.1) is 12.8 Å². The minimum Gasteiger partial charge on any atom is -0.497 e. The number of fused-ring (bicyclic) bond motifs is 3. The van der Waals surface area contributed by atoms with Gasteiger partial charge in [-0.1, -0.05) is 0 Å². The Hall–Kier alpha value is -2.03. The fourth-order valence-corrected chi connectivity index (χ4v) is 1.99. The van der Waals surface area contributed by atoms with E-state index in [0.29, 0.717) is 11.4 Å². The van der Waals surface area contributed by atoms with E-state index in [0.717, 1.165) is 16.7 Å². The van der Waals surface area contributed by atoms with Crippen LogP contribution >= 0.6 is 0 Å². The van der Waals surface area contributed by atoms with Crippen LogP contribution < -0.4 is 4.74 Å². The van der Waals surface area contributed by atoms with E-state index in [1.165, 1.54) is 0 Å². The first-order chi connectivity index (χ1) is 7.31. The van der Waals surface area contributed by atoms with Crippen LogP contribution in [-0.4, -0.2) is 17.9 Å². The number of H-pyrrole nitrogens is 1. The summed E-state index contributed by atoms with van der Waals surface area (Å²) in [6, 6.07) is 7.50. The van der Waals surface area contributed by atoms with Crippen molar-refractivity contribution in [3.8, 4) is 16.9 Å². The molecule has 2 aromatic rings. The zero-order valence-electron chi connectivity index (χ0n) is 8.20. The van der Waals surface area contributed by atoms with E-state index in [1.807, 2.05) is 18.2 Å². The van der Waals surface area contributed by atoms with E-state index < -0.39 is 0 Å². The van der Waals surface area contributed by atoms with Gasteiger partial charge in [0.25, 0.3) is 0 Å². The molecule has 1 aromatic heterocycles. The van der Waals surface area contributed by atoms with Gasteiger partial charge >= 0.3 is 0 Å². The molecular formula is C12H9NO2. The molecule has 0 aliphatic heterocycles. The Morgan fingerprint density at radius 2 is 2.00 bits per heavy atom. The molecule has 0 saturated carbocycles. The van der Waals surface area contributed by atoms with Crippen LogP contribution in [0.4, 0.5) is 0 Å². The predicted molar refractivity (Wildman–Crippen MR) is 56.2 cm³/mol. The first-order valence-electron chi connectivity index (χ1n) is 4.72. The number of ketones is 1. The summed E-state index contributed by atoms with van der Waals surface area (Å²) in [5, 5.41) is 0. The molecule has 0 atom stereocenters. The maximum Gasteiger partial charge on any atom is 0.210 e. The second-order valence-corrected chi connectivity index (χ2v) is 3.51. The number of carbonyl (C=O) groups is 1. The summed E-state index contributed by atoms with van der Waals surface area (Å²) in [4.78, 5) is 14.9. The summed E-state index contributed by atoms with van der Waals surface area (Å²) in [6.45, 7) is 0. The number of hydrogen-bond acceptors (Lipinski definition) is 2. The number of hydrogen-bond donors (Lipinski definition) is 1. The molecule has 0 saturated heterocycles. The molecule has 3 heteroatoms. The smallest absolute Gasteiger partial charge is 0.210 e. The number of rotatable bonds is 1. The lowest BCUT2D eigenvalue weighted by Crippen LogP contribution is -1.96. The summed E-state index contributed by atoms with van der Waals surface area (Å²) < 4.78 is 5.10. The van der Waals surface area contributed by atoms with Gasteiger partial charge in [-0.05, 0) is 29.8 Å². The lowest BCUT2D eigenvalue weighted by molar-refractivity contribution is 0.103. The Bertz CT molecular complexity index is 554. The van der Waals surface area contributed by atoms with Crippen molar-refractivity contribution in [2.45, 2.75) is 0 Å². The molecule has 0 radical (unpaired) electrons. The van der Waals surface area contributed by atoms with Crippen LogP contribution in [0.3, 0.4) is 0 Å². The van der Waals surface area contributed by atoms with Crippen molar-refractivity contribution in [1.29, 1.82) is 0 Å². The fraction of sp³-hybridized carbons (Fsp3) is 0.0833. The van der Waals surface area contributed by atoms with Gasteiger partial charge in [0.15, 0.2) is 0 Å². The molecule has 1 N–H and O–H groups in total. The van der Waals surface area contributed by atoms with E-state index in [4.69, 9.17) is 4.74 Å². The maximum atomic E-state index is 11.9. The monoisotopic (exact) mass is 199 g/mol. The average molecular weight is 199 g/mol. The first kappa shape index (κ1) is 8.29. The Balaban J connectivity index is 2.28. The highest BCUT2D eigenvalue weighted by molar-refractivity contribution is 6.20.